The van der Waals surface area contributed by atoms with Crippen molar-refractivity contribution in [3.8, 4) is 10.4 Å². The van der Waals surface area contributed by atoms with Crippen LogP contribution in [0.5, 0.6) is 0 Å². The van der Waals surface area contributed by atoms with Crippen LogP contribution in [0.15, 0.2) is 42.6 Å². The molecule has 1 saturated heterocycles. The lowest BCUT2D eigenvalue weighted by molar-refractivity contribution is 0.0890. The van der Waals surface area contributed by atoms with Crippen LogP contribution in [-0.2, 0) is 0 Å². The Kier molecular flexibility index (Phi) is 3.72. The molecule has 0 saturated carbocycles. The van der Waals surface area contributed by atoms with Crippen LogP contribution in [0.1, 0.15) is 28.2 Å². The molecule has 3 aromatic rings. The molecule has 0 atom stereocenters. The summed E-state index contributed by atoms with van der Waals surface area (Å²) >= 11 is 1.52. The van der Waals surface area contributed by atoms with Gasteiger partial charge < -0.3 is 15.5 Å². The van der Waals surface area contributed by atoms with Gasteiger partial charge in [0.15, 0.2) is 0 Å². The Morgan fingerprint density at radius 3 is 2.63 bits per heavy atom. The highest BCUT2D eigenvalue weighted by atomic mass is 32.1. The van der Waals surface area contributed by atoms with Crippen LogP contribution in [0.2, 0.25) is 0 Å². The molecule has 0 radical (unpaired) electrons. The number of aromatic amines is 1. The molecule has 138 valence electrons. The summed E-state index contributed by atoms with van der Waals surface area (Å²) in [7, 11) is 0. The normalized spacial score (nSPS) is 18.1. The molecular weight excluding hydrogens is 358 g/mol. The number of benzene rings is 1. The maximum Gasteiger partial charge on any atom is 0.265 e. The molecule has 3 N–H and O–H groups in total. The number of aryl methyl sites for hydroxylation is 1. The number of H-pyrrole nitrogens is 1. The molecule has 1 spiro atoms. The summed E-state index contributed by atoms with van der Waals surface area (Å²) in [5, 5.41) is 13.9. The number of carbonyl (C=O) groups is 1. The summed E-state index contributed by atoms with van der Waals surface area (Å²) in [5.74, 6) is 0.0225. The lowest BCUT2D eigenvalue weighted by atomic mass is 9.93. The van der Waals surface area contributed by atoms with Gasteiger partial charge in [0.2, 0.25) is 0 Å². The summed E-state index contributed by atoms with van der Waals surface area (Å²) < 4.78 is 0. The number of anilines is 2. The molecule has 1 amide bonds. The van der Waals surface area contributed by atoms with Crippen LogP contribution < -0.4 is 15.5 Å². The van der Waals surface area contributed by atoms with E-state index in [2.05, 4.69) is 56.1 Å². The van der Waals surface area contributed by atoms with E-state index in [-0.39, 0.29) is 11.6 Å². The van der Waals surface area contributed by atoms with E-state index in [9.17, 15) is 4.79 Å². The quantitative estimate of drug-likeness (QED) is 0.636. The van der Waals surface area contributed by atoms with Crippen molar-refractivity contribution in [1.29, 1.82) is 0 Å². The van der Waals surface area contributed by atoms with Gasteiger partial charge in [-0.25, -0.2) is 0 Å². The maximum absolute atomic E-state index is 12.8. The van der Waals surface area contributed by atoms with E-state index in [1.54, 1.807) is 0 Å². The predicted molar refractivity (Wildman–Crippen MR) is 108 cm³/mol. The number of rotatable bonds is 2. The second-order valence-corrected chi connectivity index (χ2v) is 8.30. The molecule has 1 aromatic carbocycles. The lowest BCUT2D eigenvalue weighted by Gasteiger charge is -2.45. The minimum Gasteiger partial charge on any atom is -0.371 e. The lowest BCUT2D eigenvalue weighted by Crippen LogP contribution is -2.62. The summed E-state index contributed by atoms with van der Waals surface area (Å²) in [4.78, 5) is 17.0. The summed E-state index contributed by atoms with van der Waals surface area (Å²) in [5.41, 5.74) is 3.88. The smallest absolute Gasteiger partial charge is 0.265 e. The van der Waals surface area contributed by atoms with Crippen LogP contribution in [0.3, 0.4) is 0 Å². The largest absolute Gasteiger partial charge is 0.371 e. The molecule has 7 heteroatoms. The molecule has 2 aliphatic heterocycles. The topological polar surface area (TPSA) is 73.0 Å². The third-order valence-corrected chi connectivity index (χ3v) is 6.67. The van der Waals surface area contributed by atoms with Crippen molar-refractivity contribution in [2.24, 2.45) is 0 Å². The Bertz CT molecular complexity index is 985. The second-order valence-electron chi connectivity index (χ2n) is 7.25. The van der Waals surface area contributed by atoms with Crippen molar-refractivity contribution in [1.82, 2.24) is 15.5 Å². The Balaban J connectivity index is 1.38. The van der Waals surface area contributed by atoms with Crippen LogP contribution in [0.4, 0.5) is 11.4 Å². The SMILES string of the molecule is Cc1[nH]ncc1-c1cc2c(s1)C(=O)NC1(CCN(c3ccccc3)CC1)N2. The minimum absolute atomic E-state index is 0.0225. The third-order valence-electron chi connectivity index (χ3n) is 5.50. The van der Waals surface area contributed by atoms with Crippen molar-refractivity contribution in [3.05, 3.63) is 53.2 Å². The number of carbonyl (C=O) groups excluding carboxylic acids is 1. The molecule has 0 unspecified atom stereocenters. The van der Waals surface area contributed by atoms with Gasteiger partial charge in [-0.1, -0.05) is 18.2 Å². The summed E-state index contributed by atoms with van der Waals surface area (Å²) in [6.45, 7) is 3.81. The Hall–Kier alpha value is -2.80. The van der Waals surface area contributed by atoms with Crippen LogP contribution in [-0.4, -0.2) is 34.9 Å². The molecule has 2 aromatic heterocycles. The van der Waals surface area contributed by atoms with E-state index in [0.29, 0.717) is 0 Å². The fraction of sp³-hybridized carbons (Fsp3) is 0.300. The first-order valence-electron chi connectivity index (χ1n) is 9.18. The number of piperidine rings is 1. The Morgan fingerprint density at radius 2 is 1.93 bits per heavy atom. The van der Waals surface area contributed by atoms with Crippen molar-refractivity contribution in [2.45, 2.75) is 25.4 Å². The van der Waals surface area contributed by atoms with E-state index in [4.69, 9.17) is 0 Å². The number of fused-ring (bicyclic) bond motifs is 1. The number of para-hydroxylation sites is 1. The van der Waals surface area contributed by atoms with Crippen LogP contribution in [0.25, 0.3) is 10.4 Å². The van der Waals surface area contributed by atoms with Gasteiger partial charge >= 0.3 is 0 Å². The van der Waals surface area contributed by atoms with Crippen molar-refractivity contribution in [3.63, 3.8) is 0 Å². The first kappa shape index (κ1) is 16.4. The van der Waals surface area contributed by atoms with Gasteiger partial charge in [0, 0.05) is 47.8 Å². The standard InChI is InChI=1S/C20H21N5OS/c1-13-15(12-21-24-13)17-11-16-18(27-17)19(26)23-20(22-16)7-9-25(10-8-20)14-5-3-2-4-6-14/h2-6,11-12,22H,7-10H2,1H3,(H,21,24)(H,23,26). The maximum atomic E-state index is 12.8. The van der Waals surface area contributed by atoms with Gasteiger partial charge in [0.05, 0.1) is 11.9 Å². The van der Waals surface area contributed by atoms with Gasteiger partial charge in [0.25, 0.3) is 5.91 Å². The highest BCUT2D eigenvalue weighted by Gasteiger charge is 2.41. The fourth-order valence-corrected chi connectivity index (χ4v) is 5.06. The zero-order valence-corrected chi connectivity index (χ0v) is 15.9. The zero-order valence-electron chi connectivity index (χ0n) is 15.1. The van der Waals surface area contributed by atoms with Crippen LogP contribution in [0, 0.1) is 6.92 Å². The van der Waals surface area contributed by atoms with Crippen LogP contribution >= 0.6 is 11.3 Å². The van der Waals surface area contributed by atoms with Gasteiger partial charge in [-0.3, -0.25) is 9.89 Å². The van der Waals surface area contributed by atoms with Gasteiger partial charge in [-0.15, -0.1) is 11.3 Å². The average molecular weight is 379 g/mol. The molecular formula is C20H21N5OS. The molecule has 1 fully saturated rings. The molecule has 4 heterocycles. The number of nitrogens with one attached hydrogen (secondary N) is 3. The van der Waals surface area contributed by atoms with Gasteiger partial charge in [-0.2, -0.15) is 5.10 Å². The van der Waals surface area contributed by atoms with Crippen molar-refractivity contribution in [2.75, 3.05) is 23.3 Å². The molecule has 6 nitrogen and oxygen atoms in total. The molecule has 5 rings (SSSR count). The number of thiophene rings is 1. The molecule has 0 aliphatic carbocycles. The first-order valence-corrected chi connectivity index (χ1v) is 10.0. The monoisotopic (exact) mass is 379 g/mol. The number of amides is 1. The van der Waals surface area contributed by atoms with Gasteiger partial charge in [0.1, 0.15) is 10.5 Å². The van der Waals surface area contributed by atoms with E-state index in [1.165, 1.54) is 17.0 Å². The minimum atomic E-state index is -0.362. The zero-order chi connectivity index (χ0) is 18.4. The van der Waals surface area contributed by atoms with Gasteiger partial charge in [-0.05, 0) is 25.1 Å². The first-order chi connectivity index (χ1) is 13.1. The number of hydrogen-bond acceptors (Lipinski definition) is 5. The van der Waals surface area contributed by atoms with E-state index < -0.39 is 0 Å². The number of nitrogens with zero attached hydrogens (tertiary/aromatic N) is 2. The van der Waals surface area contributed by atoms with Crippen molar-refractivity contribution >= 4 is 28.6 Å². The third kappa shape index (κ3) is 2.78. The van der Waals surface area contributed by atoms with E-state index in [1.807, 2.05) is 19.2 Å². The molecule has 2 aliphatic rings. The molecule has 27 heavy (non-hydrogen) atoms. The second kappa shape index (κ2) is 6.13. The summed E-state index contributed by atoms with van der Waals surface area (Å²) in [6.07, 6.45) is 3.55. The highest BCUT2D eigenvalue weighted by molar-refractivity contribution is 7.18. The average Bonchev–Trinajstić information content (AvgIpc) is 3.29. The predicted octanol–water partition coefficient (Wildman–Crippen LogP) is 3.60. The highest BCUT2D eigenvalue weighted by Crippen LogP contribution is 2.41. The Labute approximate surface area is 161 Å². The summed E-state index contributed by atoms with van der Waals surface area (Å²) in [6, 6.07) is 12.5. The fourth-order valence-electron chi connectivity index (χ4n) is 3.98. The Morgan fingerprint density at radius 1 is 1.15 bits per heavy atom. The van der Waals surface area contributed by atoms with Crippen molar-refractivity contribution < 1.29 is 4.79 Å². The van der Waals surface area contributed by atoms with E-state index in [0.717, 1.165) is 52.6 Å². The van der Waals surface area contributed by atoms with E-state index >= 15 is 0 Å². The number of aromatic nitrogens is 2. The molecule has 0 bridgehead atoms. The number of hydrogen-bond donors (Lipinski definition) is 3.